The summed E-state index contributed by atoms with van der Waals surface area (Å²) in [4.78, 5) is 8.85. The molecular weight excluding hydrogens is 398 g/mol. The monoisotopic (exact) mass is 429 g/mol. The molecular formula is C17H31N7O2S2. The Hall–Kier alpha value is -1.33. The number of sulfonamides is 1. The molecule has 1 aromatic rings. The Bertz CT molecular complexity index is 785. The van der Waals surface area contributed by atoms with Gasteiger partial charge in [0, 0.05) is 56.6 Å². The predicted octanol–water partition coefficient (Wildman–Crippen LogP) is 0.260. The second kappa shape index (κ2) is 9.45. The van der Waals surface area contributed by atoms with Crippen molar-refractivity contribution < 1.29 is 8.42 Å². The van der Waals surface area contributed by atoms with E-state index in [2.05, 4.69) is 39.6 Å². The molecule has 1 fully saturated rings. The number of thioether (sulfide) groups is 1. The Labute approximate surface area is 171 Å². The molecule has 0 aromatic carbocycles. The lowest BCUT2D eigenvalue weighted by Crippen LogP contribution is -2.48. The number of aryl methyl sites for hydroxylation is 1. The van der Waals surface area contributed by atoms with Crippen molar-refractivity contribution in [2.75, 3.05) is 43.9 Å². The van der Waals surface area contributed by atoms with Gasteiger partial charge in [0.15, 0.2) is 11.8 Å². The molecule has 11 heteroatoms. The molecule has 2 aliphatic rings. The van der Waals surface area contributed by atoms with Crippen LogP contribution in [0.1, 0.15) is 37.8 Å². The van der Waals surface area contributed by atoms with E-state index in [1.807, 2.05) is 4.68 Å². The number of fused-ring (bicyclic) bond motifs is 1. The van der Waals surface area contributed by atoms with Gasteiger partial charge >= 0.3 is 0 Å². The molecule has 2 N–H and O–H groups in total. The first-order valence-electron chi connectivity index (χ1n) is 9.85. The predicted molar refractivity (Wildman–Crippen MR) is 113 cm³/mol. The van der Waals surface area contributed by atoms with Gasteiger partial charge in [-0.3, -0.25) is 4.99 Å². The molecule has 2 aliphatic heterocycles. The Kier molecular flexibility index (Phi) is 7.21. The van der Waals surface area contributed by atoms with Crippen molar-refractivity contribution in [2.24, 2.45) is 4.99 Å². The van der Waals surface area contributed by atoms with Crippen LogP contribution < -0.4 is 10.6 Å². The van der Waals surface area contributed by atoms with Crippen molar-refractivity contribution in [3.05, 3.63) is 11.6 Å². The smallest absolute Gasteiger partial charge is 0.215 e. The second-order valence-corrected chi connectivity index (χ2v) is 10.7. The van der Waals surface area contributed by atoms with Gasteiger partial charge in [-0.2, -0.15) is 16.9 Å². The van der Waals surface area contributed by atoms with Crippen LogP contribution in [0.3, 0.4) is 0 Å². The van der Waals surface area contributed by atoms with Gasteiger partial charge in [-0.05, 0) is 6.42 Å². The lowest BCUT2D eigenvalue weighted by atomic mass is 10.1. The fourth-order valence-corrected chi connectivity index (χ4v) is 5.82. The first-order valence-corrected chi connectivity index (χ1v) is 12.6. The maximum absolute atomic E-state index is 12.4. The number of aliphatic imine (C=N–C) groups is 1. The summed E-state index contributed by atoms with van der Waals surface area (Å²) >= 11 is 1.80. The molecule has 1 aromatic heterocycles. The molecule has 28 heavy (non-hydrogen) atoms. The summed E-state index contributed by atoms with van der Waals surface area (Å²) in [6.45, 7) is 6.49. The van der Waals surface area contributed by atoms with Gasteiger partial charge in [0.25, 0.3) is 0 Å². The third-order valence-electron chi connectivity index (χ3n) is 4.97. The lowest BCUT2D eigenvalue weighted by Gasteiger charge is -2.27. The molecule has 0 bridgehead atoms. The Balaban J connectivity index is 1.48. The van der Waals surface area contributed by atoms with E-state index >= 15 is 0 Å². The molecule has 0 spiro atoms. The van der Waals surface area contributed by atoms with E-state index in [1.54, 1.807) is 23.1 Å². The van der Waals surface area contributed by atoms with Crippen molar-refractivity contribution in [3.8, 4) is 0 Å². The fraction of sp³-hybridized carbons (Fsp3) is 0.824. The molecule has 0 saturated carbocycles. The van der Waals surface area contributed by atoms with E-state index in [0.29, 0.717) is 31.5 Å². The summed E-state index contributed by atoms with van der Waals surface area (Å²) < 4.78 is 28.4. The van der Waals surface area contributed by atoms with Crippen LogP contribution in [0.15, 0.2) is 4.99 Å². The lowest BCUT2D eigenvalue weighted by molar-refractivity contribution is 0.392. The highest BCUT2D eigenvalue weighted by atomic mass is 32.2. The third-order valence-corrected chi connectivity index (χ3v) is 7.79. The highest BCUT2D eigenvalue weighted by Gasteiger charge is 2.25. The SMILES string of the molecule is CN=C(NCCS(=O)(=O)N1CCSCC1)NC1CCc2nc(C(C)C)nn2C1. The quantitative estimate of drug-likeness (QED) is 0.494. The van der Waals surface area contributed by atoms with Crippen molar-refractivity contribution in [3.63, 3.8) is 0 Å². The van der Waals surface area contributed by atoms with Crippen LogP contribution in [-0.4, -0.2) is 83.4 Å². The van der Waals surface area contributed by atoms with Gasteiger partial charge in [-0.1, -0.05) is 13.8 Å². The number of guanidine groups is 1. The summed E-state index contributed by atoms with van der Waals surface area (Å²) in [5.74, 6) is 4.70. The maximum Gasteiger partial charge on any atom is 0.215 e. The van der Waals surface area contributed by atoms with Gasteiger partial charge < -0.3 is 10.6 Å². The third kappa shape index (κ3) is 5.38. The standard InChI is InChI=1S/C17H31N7O2S2/c1-13(2)16-21-15-5-4-14(12-24(15)22-16)20-17(18-3)19-6-11-28(25,26)23-7-9-27-10-8-23/h13-14H,4-12H2,1-3H3,(H2,18,19,20). The van der Waals surface area contributed by atoms with Crippen molar-refractivity contribution in [1.29, 1.82) is 0 Å². The largest absolute Gasteiger partial charge is 0.355 e. The zero-order valence-corrected chi connectivity index (χ0v) is 18.5. The zero-order valence-electron chi connectivity index (χ0n) is 16.9. The molecule has 3 rings (SSSR count). The Morgan fingerprint density at radius 1 is 1.36 bits per heavy atom. The van der Waals surface area contributed by atoms with Gasteiger partial charge in [-0.15, -0.1) is 0 Å². The van der Waals surface area contributed by atoms with Crippen LogP contribution in [0.4, 0.5) is 0 Å². The first-order chi connectivity index (χ1) is 13.4. The van der Waals surface area contributed by atoms with E-state index in [4.69, 9.17) is 0 Å². The second-order valence-electron chi connectivity index (χ2n) is 7.43. The number of rotatable bonds is 6. The molecule has 0 aliphatic carbocycles. The normalized spacial score (nSPS) is 21.6. The summed E-state index contributed by atoms with van der Waals surface area (Å²) in [6.07, 6.45) is 1.82. The topological polar surface area (TPSA) is 105 Å². The molecule has 1 unspecified atom stereocenters. The fourth-order valence-electron chi connectivity index (χ4n) is 3.33. The summed E-state index contributed by atoms with van der Waals surface area (Å²) in [5.41, 5.74) is 0. The van der Waals surface area contributed by atoms with E-state index in [9.17, 15) is 8.42 Å². The summed E-state index contributed by atoms with van der Waals surface area (Å²) in [7, 11) is -1.51. The minimum absolute atomic E-state index is 0.0774. The molecule has 158 valence electrons. The summed E-state index contributed by atoms with van der Waals surface area (Å²) in [6, 6.07) is 0.191. The number of hydrogen-bond acceptors (Lipinski definition) is 6. The van der Waals surface area contributed by atoms with Crippen LogP contribution in [0.25, 0.3) is 0 Å². The molecule has 1 saturated heterocycles. The average molecular weight is 430 g/mol. The molecule has 1 atom stereocenters. The van der Waals surface area contributed by atoms with Gasteiger partial charge in [0.2, 0.25) is 10.0 Å². The van der Waals surface area contributed by atoms with Crippen molar-refractivity contribution in [2.45, 2.75) is 45.2 Å². The van der Waals surface area contributed by atoms with Crippen molar-refractivity contribution >= 4 is 27.7 Å². The molecule has 0 radical (unpaired) electrons. The van der Waals surface area contributed by atoms with Gasteiger partial charge in [-0.25, -0.2) is 22.4 Å². The number of nitrogens with one attached hydrogen (secondary N) is 2. The van der Waals surface area contributed by atoms with Crippen LogP contribution in [0.5, 0.6) is 0 Å². The van der Waals surface area contributed by atoms with Crippen LogP contribution in [-0.2, 0) is 23.0 Å². The minimum Gasteiger partial charge on any atom is -0.355 e. The molecule has 0 amide bonds. The molecule has 9 nitrogen and oxygen atoms in total. The Morgan fingerprint density at radius 3 is 2.79 bits per heavy atom. The van der Waals surface area contributed by atoms with E-state index in [0.717, 1.165) is 42.5 Å². The van der Waals surface area contributed by atoms with Gasteiger partial charge in [0.05, 0.1) is 12.3 Å². The van der Waals surface area contributed by atoms with E-state index in [1.165, 1.54) is 0 Å². The number of aromatic nitrogens is 3. The first kappa shape index (κ1) is 21.4. The highest BCUT2D eigenvalue weighted by molar-refractivity contribution is 7.99. The number of hydrogen-bond donors (Lipinski definition) is 2. The zero-order chi connectivity index (χ0) is 20.1. The van der Waals surface area contributed by atoms with E-state index in [-0.39, 0.29) is 11.8 Å². The van der Waals surface area contributed by atoms with Crippen LogP contribution in [0, 0.1) is 0 Å². The number of nitrogens with zero attached hydrogens (tertiary/aromatic N) is 5. The van der Waals surface area contributed by atoms with Crippen LogP contribution >= 0.6 is 11.8 Å². The Morgan fingerprint density at radius 2 is 2.11 bits per heavy atom. The maximum atomic E-state index is 12.4. The minimum atomic E-state index is -3.21. The highest BCUT2D eigenvalue weighted by Crippen LogP contribution is 2.17. The molecule has 3 heterocycles. The average Bonchev–Trinajstić information content (AvgIpc) is 3.11. The van der Waals surface area contributed by atoms with Gasteiger partial charge in [0.1, 0.15) is 5.82 Å². The van der Waals surface area contributed by atoms with E-state index < -0.39 is 10.0 Å². The summed E-state index contributed by atoms with van der Waals surface area (Å²) in [5, 5.41) is 11.1. The van der Waals surface area contributed by atoms with Crippen molar-refractivity contribution in [1.82, 2.24) is 29.7 Å². The van der Waals surface area contributed by atoms with Crippen LogP contribution in [0.2, 0.25) is 0 Å².